The number of aromatic nitrogens is 3. The Hall–Kier alpha value is -3.52. The Morgan fingerprint density at radius 1 is 1.21 bits per heavy atom. The van der Waals surface area contributed by atoms with E-state index >= 15 is 0 Å². The minimum atomic E-state index is -0.531. The second-order valence-electron chi connectivity index (χ2n) is 5.98. The van der Waals surface area contributed by atoms with E-state index in [4.69, 9.17) is 20.8 Å². The van der Waals surface area contributed by atoms with Gasteiger partial charge in [-0.2, -0.15) is 9.66 Å². The third kappa shape index (κ3) is 3.37. The van der Waals surface area contributed by atoms with Gasteiger partial charge in [0.25, 0.3) is 0 Å². The Morgan fingerprint density at radius 2 is 2.04 bits per heavy atom. The quantitative estimate of drug-likeness (QED) is 0.526. The Kier molecular flexibility index (Phi) is 4.62. The molecule has 2 N–H and O–H groups in total. The van der Waals surface area contributed by atoms with Gasteiger partial charge in [-0.3, -0.25) is 5.43 Å². The van der Waals surface area contributed by atoms with Crippen LogP contribution in [0.4, 0.5) is 17.5 Å². The number of hydrogen-bond acceptors (Lipinski definition) is 7. The number of hydrogen-bond donors (Lipinski definition) is 2. The van der Waals surface area contributed by atoms with Crippen molar-refractivity contribution in [2.24, 2.45) is 0 Å². The number of benzene rings is 2. The van der Waals surface area contributed by atoms with Crippen molar-refractivity contribution in [1.82, 2.24) is 14.6 Å². The summed E-state index contributed by atoms with van der Waals surface area (Å²) in [5, 5.41) is 3.60. The van der Waals surface area contributed by atoms with Crippen LogP contribution in [0.25, 0.3) is 11.1 Å². The van der Waals surface area contributed by atoms with E-state index in [1.165, 1.54) is 4.68 Å². The lowest BCUT2D eigenvalue weighted by Gasteiger charge is -2.12. The number of fused-ring (bicyclic) bond motifs is 1. The normalized spacial score (nSPS) is 10.8. The summed E-state index contributed by atoms with van der Waals surface area (Å²) in [6.45, 7) is 1.84. The van der Waals surface area contributed by atoms with Crippen LogP contribution < -0.4 is 21.2 Å². The molecule has 2 heterocycles. The minimum absolute atomic E-state index is 0.346. The molecule has 0 saturated heterocycles. The monoisotopic (exact) mass is 397 g/mol. The first kappa shape index (κ1) is 17.9. The third-order valence-electron chi connectivity index (χ3n) is 4.08. The maximum Gasteiger partial charge on any atom is 0.439 e. The first-order valence-corrected chi connectivity index (χ1v) is 8.75. The Bertz CT molecular complexity index is 1220. The van der Waals surface area contributed by atoms with Crippen LogP contribution in [0, 0.1) is 6.92 Å². The maximum absolute atomic E-state index is 12.2. The topological polar surface area (TPSA) is 94.2 Å². The van der Waals surface area contributed by atoms with Gasteiger partial charge >= 0.3 is 5.76 Å². The van der Waals surface area contributed by atoms with Crippen LogP contribution in [0.15, 0.2) is 57.9 Å². The highest BCUT2D eigenvalue weighted by atomic mass is 35.5. The van der Waals surface area contributed by atoms with E-state index in [1.807, 2.05) is 13.0 Å². The van der Waals surface area contributed by atoms with Crippen molar-refractivity contribution in [2.75, 3.05) is 17.9 Å². The SMILES string of the molecule is COc1cc(Nc2ncc(C)c(Nn3c(=O)oc4ccccc43)n2)ccc1Cl. The summed E-state index contributed by atoms with van der Waals surface area (Å²) < 4.78 is 11.8. The number of halogens is 1. The average Bonchev–Trinajstić information content (AvgIpc) is 3.01. The van der Waals surface area contributed by atoms with E-state index < -0.39 is 5.76 Å². The predicted molar refractivity (Wildman–Crippen MR) is 108 cm³/mol. The Morgan fingerprint density at radius 3 is 2.86 bits per heavy atom. The standard InChI is InChI=1S/C19H16ClN5O3/c1-11-10-21-18(22-12-7-8-13(20)16(9-12)27-2)23-17(11)24-25-14-5-3-4-6-15(14)28-19(25)26/h3-10H,1-2H3,(H2,21,22,23,24). The highest BCUT2D eigenvalue weighted by molar-refractivity contribution is 6.32. The van der Waals surface area contributed by atoms with Crippen LogP contribution in [0.5, 0.6) is 5.75 Å². The zero-order valence-corrected chi connectivity index (χ0v) is 15.8. The summed E-state index contributed by atoms with van der Waals surface area (Å²) in [5.41, 5.74) is 5.56. The van der Waals surface area contributed by atoms with Crippen molar-refractivity contribution in [2.45, 2.75) is 6.92 Å². The Labute approximate surface area is 164 Å². The van der Waals surface area contributed by atoms with Crippen LogP contribution >= 0.6 is 11.6 Å². The molecule has 4 aromatic rings. The van der Waals surface area contributed by atoms with Crippen molar-refractivity contribution in [1.29, 1.82) is 0 Å². The number of aryl methyl sites for hydroxylation is 1. The molecule has 2 aromatic carbocycles. The number of rotatable bonds is 5. The first-order valence-electron chi connectivity index (χ1n) is 8.37. The van der Waals surface area contributed by atoms with E-state index in [-0.39, 0.29) is 0 Å². The zero-order chi connectivity index (χ0) is 19.7. The van der Waals surface area contributed by atoms with Gasteiger partial charge in [-0.15, -0.1) is 0 Å². The number of para-hydroxylation sites is 2. The van der Waals surface area contributed by atoms with Gasteiger partial charge in [-0.1, -0.05) is 23.7 Å². The first-order chi connectivity index (χ1) is 13.5. The molecule has 28 heavy (non-hydrogen) atoms. The lowest BCUT2D eigenvalue weighted by Crippen LogP contribution is -2.23. The molecular formula is C19H16ClN5O3. The highest BCUT2D eigenvalue weighted by Gasteiger charge is 2.12. The second kappa shape index (κ2) is 7.24. The van der Waals surface area contributed by atoms with Crippen LogP contribution in [0.3, 0.4) is 0 Å². The number of oxazole rings is 1. The summed E-state index contributed by atoms with van der Waals surface area (Å²) in [6, 6.07) is 12.4. The van der Waals surface area contributed by atoms with E-state index in [2.05, 4.69) is 20.7 Å². The number of methoxy groups -OCH3 is 1. The molecule has 0 atom stereocenters. The number of anilines is 3. The smallest absolute Gasteiger partial charge is 0.439 e. The molecule has 0 radical (unpaired) electrons. The van der Waals surface area contributed by atoms with Gasteiger partial charge in [-0.05, 0) is 31.2 Å². The van der Waals surface area contributed by atoms with E-state index in [0.717, 1.165) is 5.56 Å². The van der Waals surface area contributed by atoms with Gasteiger partial charge < -0.3 is 14.5 Å². The second-order valence-corrected chi connectivity index (χ2v) is 6.39. The molecule has 0 unspecified atom stereocenters. The summed E-state index contributed by atoms with van der Waals surface area (Å²) >= 11 is 6.05. The fourth-order valence-electron chi connectivity index (χ4n) is 2.66. The molecule has 0 aliphatic carbocycles. The van der Waals surface area contributed by atoms with Gasteiger partial charge in [0, 0.05) is 23.5 Å². The van der Waals surface area contributed by atoms with Gasteiger partial charge in [0.15, 0.2) is 11.4 Å². The fraction of sp³-hybridized carbons (Fsp3) is 0.105. The summed E-state index contributed by atoms with van der Waals surface area (Å²) in [6.07, 6.45) is 1.65. The van der Waals surface area contributed by atoms with Crippen LogP contribution in [-0.4, -0.2) is 21.8 Å². The average molecular weight is 398 g/mol. The number of ether oxygens (including phenoxy) is 1. The molecule has 0 saturated carbocycles. The molecule has 0 fully saturated rings. The lowest BCUT2D eigenvalue weighted by atomic mass is 10.3. The number of nitrogens with zero attached hydrogens (tertiary/aromatic N) is 3. The predicted octanol–water partition coefficient (Wildman–Crippen LogP) is 3.97. The molecule has 0 aliphatic rings. The van der Waals surface area contributed by atoms with Gasteiger partial charge in [-0.25, -0.2) is 9.78 Å². The largest absolute Gasteiger partial charge is 0.495 e. The zero-order valence-electron chi connectivity index (χ0n) is 15.1. The van der Waals surface area contributed by atoms with Gasteiger partial charge in [0.1, 0.15) is 11.3 Å². The molecular weight excluding hydrogens is 382 g/mol. The summed E-state index contributed by atoms with van der Waals surface area (Å²) in [5.74, 6) is 0.815. The summed E-state index contributed by atoms with van der Waals surface area (Å²) in [7, 11) is 1.54. The number of nitrogens with one attached hydrogen (secondary N) is 2. The maximum atomic E-state index is 12.2. The Balaban J connectivity index is 1.66. The van der Waals surface area contributed by atoms with E-state index in [1.54, 1.807) is 49.7 Å². The highest BCUT2D eigenvalue weighted by Crippen LogP contribution is 2.28. The molecule has 8 nitrogen and oxygen atoms in total. The molecule has 0 aliphatic heterocycles. The van der Waals surface area contributed by atoms with Crippen LogP contribution in [0.1, 0.15) is 5.56 Å². The van der Waals surface area contributed by atoms with E-state index in [9.17, 15) is 4.79 Å². The van der Waals surface area contributed by atoms with E-state index in [0.29, 0.717) is 39.3 Å². The molecule has 0 spiro atoms. The summed E-state index contributed by atoms with van der Waals surface area (Å²) in [4.78, 5) is 20.9. The van der Waals surface area contributed by atoms with Crippen molar-refractivity contribution >= 4 is 40.2 Å². The van der Waals surface area contributed by atoms with Gasteiger partial charge in [0.05, 0.1) is 12.1 Å². The van der Waals surface area contributed by atoms with Crippen LogP contribution in [-0.2, 0) is 0 Å². The van der Waals surface area contributed by atoms with Crippen molar-refractivity contribution in [3.8, 4) is 5.75 Å². The molecule has 2 aromatic heterocycles. The van der Waals surface area contributed by atoms with Crippen molar-refractivity contribution < 1.29 is 9.15 Å². The lowest BCUT2D eigenvalue weighted by molar-refractivity contribution is 0.415. The fourth-order valence-corrected chi connectivity index (χ4v) is 2.85. The minimum Gasteiger partial charge on any atom is -0.495 e. The van der Waals surface area contributed by atoms with Crippen molar-refractivity contribution in [3.63, 3.8) is 0 Å². The molecule has 0 amide bonds. The van der Waals surface area contributed by atoms with Crippen LogP contribution in [0.2, 0.25) is 5.02 Å². The molecule has 9 heteroatoms. The third-order valence-corrected chi connectivity index (χ3v) is 4.39. The van der Waals surface area contributed by atoms with Crippen molar-refractivity contribution in [3.05, 3.63) is 69.8 Å². The molecule has 0 bridgehead atoms. The molecule has 4 rings (SSSR count). The molecule has 142 valence electrons. The van der Waals surface area contributed by atoms with Gasteiger partial charge in [0.2, 0.25) is 5.95 Å².